The molecule has 0 spiro atoms. The molecular formula is C11H18N2O2S. The van der Waals surface area contributed by atoms with E-state index >= 15 is 0 Å². The predicted octanol–water partition coefficient (Wildman–Crippen LogP) is 0.476. The van der Waals surface area contributed by atoms with Gasteiger partial charge in [0.15, 0.2) is 0 Å². The predicted molar refractivity (Wildman–Crippen MR) is 64.2 cm³/mol. The van der Waals surface area contributed by atoms with E-state index in [4.69, 9.17) is 0 Å². The fourth-order valence-electron chi connectivity index (χ4n) is 2.24. The Bertz CT molecular complexity index is 280. The molecule has 2 atom stereocenters. The lowest BCUT2D eigenvalue weighted by Crippen LogP contribution is -2.46. The van der Waals surface area contributed by atoms with Gasteiger partial charge in [0.05, 0.1) is 5.92 Å². The Morgan fingerprint density at radius 1 is 1.50 bits per heavy atom. The normalized spacial score (nSPS) is 29.9. The first-order valence-corrected chi connectivity index (χ1v) is 6.95. The summed E-state index contributed by atoms with van der Waals surface area (Å²) in [6, 6.07) is 0.398. The fourth-order valence-corrected chi connectivity index (χ4v) is 3.51. The van der Waals surface area contributed by atoms with E-state index in [2.05, 4.69) is 5.32 Å². The molecule has 1 N–H and O–H groups in total. The van der Waals surface area contributed by atoms with Crippen LogP contribution < -0.4 is 5.32 Å². The van der Waals surface area contributed by atoms with E-state index in [0.717, 1.165) is 17.9 Å². The summed E-state index contributed by atoms with van der Waals surface area (Å²) in [5, 5.41) is 2.77. The lowest BCUT2D eigenvalue weighted by molar-refractivity contribution is -0.137. The highest BCUT2D eigenvalue weighted by Crippen LogP contribution is 2.23. The van der Waals surface area contributed by atoms with Crippen LogP contribution in [0.1, 0.15) is 19.3 Å². The van der Waals surface area contributed by atoms with Crippen LogP contribution in [0.25, 0.3) is 0 Å². The Kier molecular flexibility index (Phi) is 3.74. The van der Waals surface area contributed by atoms with Crippen LogP contribution in [0.4, 0.5) is 0 Å². The van der Waals surface area contributed by atoms with E-state index in [1.807, 2.05) is 23.7 Å². The van der Waals surface area contributed by atoms with E-state index < -0.39 is 0 Å². The van der Waals surface area contributed by atoms with Crippen LogP contribution in [-0.4, -0.2) is 47.9 Å². The Morgan fingerprint density at radius 2 is 2.31 bits per heavy atom. The standard InChI is InChI=1S/C11H18N2O2S/c1-13(9-4-5-16-7-9)11(15)8-2-3-10(14)12-6-8/h8-9H,2-7H2,1H3,(H,12,14). The van der Waals surface area contributed by atoms with Crippen LogP contribution in [0.3, 0.4) is 0 Å². The number of nitrogens with zero attached hydrogens (tertiary/aromatic N) is 1. The van der Waals surface area contributed by atoms with E-state index in [-0.39, 0.29) is 17.7 Å². The van der Waals surface area contributed by atoms with Crippen molar-refractivity contribution in [3.63, 3.8) is 0 Å². The number of hydrogen-bond donors (Lipinski definition) is 1. The summed E-state index contributed by atoms with van der Waals surface area (Å²) in [6.07, 6.45) is 2.30. The summed E-state index contributed by atoms with van der Waals surface area (Å²) in [7, 11) is 1.90. The first kappa shape index (κ1) is 11.8. The highest BCUT2D eigenvalue weighted by molar-refractivity contribution is 7.99. The molecule has 0 aliphatic carbocycles. The Hall–Kier alpha value is -0.710. The fraction of sp³-hybridized carbons (Fsp3) is 0.818. The van der Waals surface area contributed by atoms with Crippen LogP contribution in [0, 0.1) is 5.92 Å². The zero-order chi connectivity index (χ0) is 11.5. The number of thioether (sulfide) groups is 1. The first-order valence-electron chi connectivity index (χ1n) is 5.79. The largest absolute Gasteiger partial charge is 0.355 e. The van der Waals surface area contributed by atoms with Gasteiger partial charge in [-0.3, -0.25) is 9.59 Å². The zero-order valence-corrected chi connectivity index (χ0v) is 10.4. The third-order valence-corrected chi connectivity index (χ3v) is 4.56. The van der Waals surface area contributed by atoms with E-state index in [1.165, 1.54) is 0 Å². The van der Waals surface area contributed by atoms with Gasteiger partial charge in [0.2, 0.25) is 11.8 Å². The smallest absolute Gasteiger partial charge is 0.227 e. The molecule has 0 aromatic heterocycles. The van der Waals surface area contributed by atoms with Gasteiger partial charge in [0.25, 0.3) is 0 Å². The van der Waals surface area contributed by atoms with Gasteiger partial charge >= 0.3 is 0 Å². The molecule has 5 heteroatoms. The van der Waals surface area contributed by atoms with Crippen LogP contribution in [0.15, 0.2) is 0 Å². The van der Waals surface area contributed by atoms with Crippen LogP contribution in [-0.2, 0) is 9.59 Å². The average Bonchev–Trinajstić information content (AvgIpc) is 2.81. The van der Waals surface area contributed by atoms with Gasteiger partial charge in [0.1, 0.15) is 0 Å². The summed E-state index contributed by atoms with van der Waals surface area (Å²) in [5.41, 5.74) is 0. The van der Waals surface area contributed by atoms with Crippen molar-refractivity contribution in [3.8, 4) is 0 Å². The summed E-state index contributed by atoms with van der Waals surface area (Å²) >= 11 is 1.91. The third kappa shape index (κ3) is 2.51. The molecule has 0 aromatic rings. The van der Waals surface area contributed by atoms with Crippen LogP contribution in [0.5, 0.6) is 0 Å². The summed E-state index contributed by atoms with van der Waals surface area (Å²) in [6.45, 7) is 0.516. The number of piperidine rings is 1. The molecule has 2 heterocycles. The molecule has 2 fully saturated rings. The quantitative estimate of drug-likeness (QED) is 0.766. The molecule has 2 aliphatic rings. The van der Waals surface area contributed by atoms with Gasteiger partial charge in [-0.15, -0.1) is 0 Å². The van der Waals surface area contributed by atoms with E-state index in [9.17, 15) is 9.59 Å². The molecular weight excluding hydrogens is 224 g/mol. The Morgan fingerprint density at radius 3 is 2.88 bits per heavy atom. The van der Waals surface area contributed by atoms with Crippen molar-refractivity contribution in [1.82, 2.24) is 10.2 Å². The summed E-state index contributed by atoms with van der Waals surface area (Å²) in [5.74, 6) is 2.48. The highest BCUT2D eigenvalue weighted by atomic mass is 32.2. The van der Waals surface area contributed by atoms with Crippen molar-refractivity contribution in [3.05, 3.63) is 0 Å². The lowest BCUT2D eigenvalue weighted by Gasteiger charge is -2.30. The maximum atomic E-state index is 12.2. The molecule has 4 nitrogen and oxygen atoms in total. The molecule has 2 amide bonds. The van der Waals surface area contributed by atoms with Crippen molar-refractivity contribution >= 4 is 23.6 Å². The third-order valence-electron chi connectivity index (χ3n) is 3.42. The number of carbonyl (C=O) groups excluding carboxylic acids is 2. The molecule has 0 bridgehead atoms. The lowest BCUT2D eigenvalue weighted by atomic mass is 9.97. The average molecular weight is 242 g/mol. The second kappa shape index (κ2) is 5.08. The number of hydrogen-bond acceptors (Lipinski definition) is 3. The van der Waals surface area contributed by atoms with Gasteiger partial charge in [-0.25, -0.2) is 0 Å². The van der Waals surface area contributed by atoms with Gasteiger partial charge in [-0.1, -0.05) is 0 Å². The van der Waals surface area contributed by atoms with Gasteiger partial charge in [-0.05, 0) is 18.6 Å². The minimum Gasteiger partial charge on any atom is -0.355 e. The molecule has 2 rings (SSSR count). The van der Waals surface area contributed by atoms with Crippen LogP contribution in [0.2, 0.25) is 0 Å². The molecule has 90 valence electrons. The molecule has 2 saturated heterocycles. The Balaban J connectivity index is 1.88. The van der Waals surface area contributed by atoms with Crippen LogP contribution >= 0.6 is 11.8 Å². The van der Waals surface area contributed by atoms with Gasteiger partial charge in [0, 0.05) is 31.8 Å². The van der Waals surface area contributed by atoms with Crippen molar-refractivity contribution in [2.75, 3.05) is 25.1 Å². The summed E-state index contributed by atoms with van der Waals surface area (Å²) in [4.78, 5) is 25.1. The minimum atomic E-state index is -0.00620. The highest BCUT2D eigenvalue weighted by Gasteiger charge is 2.31. The zero-order valence-electron chi connectivity index (χ0n) is 9.57. The topological polar surface area (TPSA) is 49.4 Å². The summed E-state index contributed by atoms with van der Waals surface area (Å²) < 4.78 is 0. The monoisotopic (exact) mass is 242 g/mol. The van der Waals surface area contributed by atoms with Crippen molar-refractivity contribution in [1.29, 1.82) is 0 Å². The van der Waals surface area contributed by atoms with Gasteiger partial charge in [-0.2, -0.15) is 11.8 Å². The second-order valence-corrected chi connectivity index (χ2v) is 5.66. The van der Waals surface area contributed by atoms with E-state index in [1.54, 1.807) is 0 Å². The maximum Gasteiger partial charge on any atom is 0.227 e. The maximum absolute atomic E-state index is 12.2. The number of carbonyl (C=O) groups is 2. The number of amides is 2. The van der Waals surface area contributed by atoms with Crippen molar-refractivity contribution in [2.45, 2.75) is 25.3 Å². The number of nitrogens with one attached hydrogen (secondary N) is 1. The molecule has 2 unspecified atom stereocenters. The van der Waals surface area contributed by atoms with Crippen molar-refractivity contribution in [2.24, 2.45) is 5.92 Å². The first-order chi connectivity index (χ1) is 7.68. The van der Waals surface area contributed by atoms with Gasteiger partial charge < -0.3 is 10.2 Å². The van der Waals surface area contributed by atoms with E-state index in [0.29, 0.717) is 25.4 Å². The minimum absolute atomic E-state index is 0.00620. The molecule has 0 radical (unpaired) electrons. The Labute approximate surface area is 100 Å². The second-order valence-electron chi connectivity index (χ2n) is 4.51. The SMILES string of the molecule is CN(C(=O)C1CCC(=O)NC1)C1CCSC1. The molecule has 0 aromatic carbocycles. The molecule has 16 heavy (non-hydrogen) atoms. The van der Waals surface area contributed by atoms with Crippen molar-refractivity contribution < 1.29 is 9.59 Å². The molecule has 2 aliphatic heterocycles. The molecule has 0 saturated carbocycles. The number of rotatable bonds is 2.